The molecule has 1 saturated heterocycles. The van der Waals surface area contributed by atoms with Crippen molar-refractivity contribution in [3.05, 3.63) is 34.7 Å². The Morgan fingerprint density at radius 1 is 1.19 bits per heavy atom. The average molecular weight is 428 g/mol. The highest BCUT2D eigenvalue weighted by Crippen LogP contribution is 2.31. The van der Waals surface area contributed by atoms with Crippen LogP contribution in [0.4, 0.5) is 0 Å². The number of carbonyl (C=O) groups is 2. The zero-order valence-corrected chi connectivity index (χ0v) is 19.7. The van der Waals surface area contributed by atoms with Crippen LogP contribution < -0.4 is 0 Å². The van der Waals surface area contributed by atoms with Crippen LogP contribution in [0.3, 0.4) is 0 Å². The molecule has 0 N–H and O–H groups in total. The zero-order valence-electron chi connectivity index (χ0n) is 19.7. The Morgan fingerprint density at radius 3 is 2.55 bits per heavy atom. The number of hydrogen-bond acceptors (Lipinski definition) is 5. The molecule has 3 rings (SSSR count). The number of nitrogens with zero attached hydrogens (tertiary/aromatic N) is 3. The van der Waals surface area contributed by atoms with E-state index in [-0.39, 0.29) is 18.6 Å². The number of ether oxygens (including phenoxy) is 1. The maximum atomic E-state index is 12.8. The van der Waals surface area contributed by atoms with E-state index in [1.165, 1.54) is 11.3 Å². The fourth-order valence-electron chi connectivity index (χ4n) is 4.56. The smallest absolute Gasteiger partial charge is 0.397 e. The second-order valence-electron chi connectivity index (χ2n) is 9.33. The number of hydrogen-bond donors (Lipinski definition) is 0. The van der Waals surface area contributed by atoms with Crippen molar-refractivity contribution in [1.29, 1.82) is 0 Å². The molecule has 1 fully saturated rings. The predicted molar refractivity (Wildman–Crippen MR) is 123 cm³/mol. The van der Waals surface area contributed by atoms with Crippen LogP contribution in [0, 0.1) is 5.92 Å². The molecule has 6 heteroatoms. The summed E-state index contributed by atoms with van der Waals surface area (Å²) in [5.41, 5.74) is 4.62. The standard InChI is InChI=1S/C25H37N3O3/c1-6-31-25(30)24(29)28(16-17(2)3)18(4)21-8-7-19-9-10-22(26-23(19)15-21)20-11-13-27(5)14-12-20/h9-10,15,17-18,20H,6-8,11-14,16H2,1-5H3/t18-/m1/s1. The van der Waals surface area contributed by atoms with E-state index < -0.39 is 11.9 Å². The Hall–Kier alpha value is -2.21. The summed E-state index contributed by atoms with van der Waals surface area (Å²) in [5.74, 6) is -0.552. The second kappa shape index (κ2) is 10.4. The van der Waals surface area contributed by atoms with Gasteiger partial charge in [0, 0.05) is 18.2 Å². The van der Waals surface area contributed by atoms with E-state index in [1.807, 2.05) is 6.92 Å². The molecule has 0 spiro atoms. The minimum Gasteiger partial charge on any atom is -0.459 e. The summed E-state index contributed by atoms with van der Waals surface area (Å²) in [6, 6.07) is 4.26. The molecule has 31 heavy (non-hydrogen) atoms. The van der Waals surface area contributed by atoms with Crippen LogP contribution in [0.2, 0.25) is 0 Å². The van der Waals surface area contributed by atoms with E-state index in [4.69, 9.17) is 9.72 Å². The number of carbonyl (C=O) groups excluding carboxylic acids is 2. The first-order chi connectivity index (χ1) is 14.8. The third kappa shape index (κ3) is 5.73. The minimum atomic E-state index is -0.769. The first kappa shape index (κ1) is 23.5. The second-order valence-corrected chi connectivity index (χ2v) is 9.33. The summed E-state index contributed by atoms with van der Waals surface area (Å²) in [6.07, 6.45) is 6.22. The van der Waals surface area contributed by atoms with Gasteiger partial charge in [-0.15, -0.1) is 0 Å². The van der Waals surface area contributed by atoms with Crippen LogP contribution in [0.1, 0.15) is 69.8 Å². The maximum Gasteiger partial charge on any atom is 0.397 e. The highest BCUT2D eigenvalue weighted by molar-refractivity contribution is 6.32. The average Bonchev–Trinajstić information content (AvgIpc) is 2.76. The Kier molecular flexibility index (Phi) is 7.87. The molecule has 1 aliphatic heterocycles. The van der Waals surface area contributed by atoms with Gasteiger partial charge < -0.3 is 14.5 Å². The Balaban J connectivity index is 1.83. The number of pyridine rings is 1. The molecule has 0 unspecified atom stereocenters. The van der Waals surface area contributed by atoms with Crippen LogP contribution in [-0.4, -0.2) is 66.0 Å². The lowest BCUT2D eigenvalue weighted by Crippen LogP contribution is -2.46. The molecule has 1 aliphatic carbocycles. The third-order valence-electron chi connectivity index (χ3n) is 6.45. The molecular weight excluding hydrogens is 390 g/mol. The van der Waals surface area contributed by atoms with Crippen molar-refractivity contribution < 1.29 is 14.3 Å². The quantitative estimate of drug-likeness (QED) is 0.512. The van der Waals surface area contributed by atoms with Gasteiger partial charge >= 0.3 is 11.9 Å². The van der Waals surface area contributed by atoms with Gasteiger partial charge in [-0.1, -0.05) is 19.9 Å². The summed E-state index contributed by atoms with van der Waals surface area (Å²) >= 11 is 0. The number of rotatable bonds is 6. The van der Waals surface area contributed by atoms with Gasteiger partial charge in [0.15, 0.2) is 0 Å². The Labute approximate surface area is 186 Å². The lowest BCUT2D eigenvalue weighted by molar-refractivity contribution is -0.160. The van der Waals surface area contributed by atoms with Crippen molar-refractivity contribution in [1.82, 2.24) is 14.8 Å². The van der Waals surface area contributed by atoms with E-state index in [0.717, 1.165) is 50.0 Å². The summed E-state index contributed by atoms with van der Waals surface area (Å²) in [4.78, 5) is 34.0. The SMILES string of the molecule is CCOC(=O)C(=O)N(CC(C)C)[C@H](C)C1=Cc2nc(C3CCN(C)CC3)ccc2CC1. The highest BCUT2D eigenvalue weighted by atomic mass is 16.5. The zero-order chi connectivity index (χ0) is 22.5. The third-order valence-corrected chi connectivity index (χ3v) is 6.45. The van der Waals surface area contributed by atoms with Crippen LogP contribution in [-0.2, 0) is 20.7 Å². The summed E-state index contributed by atoms with van der Waals surface area (Å²) in [5, 5.41) is 0. The number of amides is 1. The van der Waals surface area contributed by atoms with Gasteiger partial charge in [-0.05, 0) is 88.9 Å². The maximum absolute atomic E-state index is 12.8. The normalized spacial score (nSPS) is 18.3. The lowest BCUT2D eigenvalue weighted by atomic mass is 9.88. The number of esters is 1. The molecule has 1 atom stereocenters. The molecule has 1 aromatic rings. The number of aromatic nitrogens is 1. The van der Waals surface area contributed by atoms with Crippen molar-refractivity contribution in [3.8, 4) is 0 Å². The molecule has 0 bridgehead atoms. The molecule has 0 saturated carbocycles. The molecule has 170 valence electrons. The number of likely N-dealkylation sites (tertiary alicyclic amines) is 1. The molecule has 1 aromatic heterocycles. The largest absolute Gasteiger partial charge is 0.459 e. The summed E-state index contributed by atoms with van der Waals surface area (Å²) in [6.45, 7) is 10.8. The van der Waals surface area contributed by atoms with Gasteiger partial charge in [0.1, 0.15) is 0 Å². The van der Waals surface area contributed by atoms with Crippen LogP contribution in [0.5, 0.6) is 0 Å². The first-order valence-electron chi connectivity index (χ1n) is 11.7. The van der Waals surface area contributed by atoms with Gasteiger partial charge in [0.2, 0.25) is 0 Å². The van der Waals surface area contributed by atoms with E-state index in [1.54, 1.807) is 11.8 Å². The van der Waals surface area contributed by atoms with Gasteiger partial charge in [-0.2, -0.15) is 0 Å². The summed E-state index contributed by atoms with van der Waals surface area (Å²) in [7, 11) is 2.17. The molecule has 0 radical (unpaired) electrons. The van der Waals surface area contributed by atoms with Crippen LogP contribution >= 0.6 is 0 Å². The van der Waals surface area contributed by atoms with Gasteiger partial charge in [-0.3, -0.25) is 9.78 Å². The van der Waals surface area contributed by atoms with Crippen LogP contribution in [0.25, 0.3) is 6.08 Å². The number of fused-ring (bicyclic) bond motifs is 1. The van der Waals surface area contributed by atoms with E-state index in [2.05, 4.69) is 44.0 Å². The van der Waals surface area contributed by atoms with E-state index in [9.17, 15) is 9.59 Å². The fourth-order valence-corrected chi connectivity index (χ4v) is 4.56. The Morgan fingerprint density at radius 2 is 1.90 bits per heavy atom. The van der Waals surface area contributed by atoms with Gasteiger partial charge in [0.05, 0.1) is 18.3 Å². The van der Waals surface area contributed by atoms with Gasteiger partial charge in [0.25, 0.3) is 0 Å². The monoisotopic (exact) mass is 427 g/mol. The topological polar surface area (TPSA) is 62.7 Å². The van der Waals surface area contributed by atoms with Crippen molar-refractivity contribution >= 4 is 18.0 Å². The Bertz CT molecular complexity index is 825. The molecule has 1 amide bonds. The minimum absolute atomic E-state index is 0.166. The first-order valence-corrected chi connectivity index (χ1v) is 11.7. The molecule has 0 aromatic carbocycles. The highest BCUT2D eigenvalue weighted by Gasteiger charge is 2.31. The molecule has 2 aliphatic rings. The van der Waals surface area contributed by atoms with Crippen molar-refractivity contribution in [2.75, 3.05) is 33.3 Å². The van der Waals surface area contributed by atoms with Crippen molar-refractivity contribution in [3.63, 3.8) is 0 Å². The summed E-state index contributed by atoms with van der Waals surface area (Å²) < 4.78 is 4.99. The lowest BCUT2D eigenvalue weighted by Gasteiger charge is -2.33. The van der Waals surface area contributed by atoms with E-state index in [0.29, 0.717) is 12.5 Å². The fraction of sp³-hybridized carbons (Fsp3) is 0.640. The van der Waals surface area contributed by atoms with Gasteiger partial charge in [-0.25, -0.2) is 4.79 Å². The number of piperidine rings is 1. The van der Waals surface area contributed by atoms with E-state index >= 15 is 0 Å². The number of aryl methyl sites for hydroxylation is 1. The molecular formula is C25H37N3O3. The predicted octanol–water partition coefficient (Wildman–Crippen LogP) is 3.66. The molecule has 6 nitrogen and oxygen atoms in total. The van der Waals surface area contributed by atoms with Crippen molar-refractivity contribution in [2.24, 2.45) is 5.92 Å². The van der Waals surface area contributed by atoms with Crippen LogP contribution in [0.15, 0.2) is 17.7 Å². The van der Waals surface area contributed by atoms with Crippen molar-refractivity contribution in [2.45, 2.75) is 65.3 Å². The molecule has 2 heterocycles.